The second-order valence-electron chi connectivity index (χ2n) is 4.66. The van der Waals surface area contributed by atoms with Crippen molar-refractivity contribution in [2.45, 2.75) is 39.5 Å². The fraction of sp³-hybridized carbons (Fsp3) is 0.917. The average Bonchev–Trinajstić information content (AvgIpc) is 2.11. The molecule has 0 aromatic heterocycles. The van der Waals surface area contributed by atoms with Crippen molar-refractivity contribution < 1.29 is 9.53 Å². The van der Waals surface area contributed by atoms with E-state index in [1.807, 2.05) is 14.1 Å². The van der Waals surface area contributed by atoms with Crippen LogP contribution >= 0.6 is 0 Å². The summed E-state index contributed by atoms with van der Waals surface area (Å²) in [5.74, 6) is 0.556. The normalized spacial score (nSPS) is 11.1. The Hall–Kier alpha value is -0.570. The SMILES string of the molecule is CC(C)CCOC(=O)CCCCN(C)C. The Balaban J connectivity index is 3.26. The first kappa shape index (κ1) is 14.4. The zero-order valence-corrected chi connectivity index (χ0v) is 10.6. The molecule has 0 aliphatic heterocycles. The molecule has 0 bridgehead atoms. The molecule has 0 rings (SSSR count). The smallest absolute Gasteiger partial charge is 0.305 e. The second kappa shape index (κ2) is 8.72. The van der Waals surface area contributed by atoms with Crippen molar-refractivity contribution in [3.63, 3.8) is 0 Å². The van der Waals surface area contributed by atoms with Crippen molar-refractivity contribution in [1.82, 2.24) is 4.90 Å². The number of ether oxygens (including phenoxy) is 1. The summed E-state index contributed by atoms with van der Waals surface area (Å²) in [7, 11) is 4.09. The van der Waals surface area contributed by atoms with Crippen molar-refractivity contribution in [1.29, 1.82) is 0 Å². The van der Waals surface area contributed by atoms with Crippen LogP contribution in [0.3, 0.4) is 0 Å². The lowest BCUT2D eigenvalue weighted by atomic mass is 10.1. The van der Waals surface area contributed by atoms with E-state index in [4.69, 9.17) is 4.74 Å². The van der Waals surface area contributed by atoms with Crippen LogP contribution in [-0.4, -0.2) is 38.1 Å². The van der Waals surface area contributed by atoms with E-state index in [9.17, 15) is 4.79 Å². The number of nitrogens with zero attached hydrogens (tertiary/aromatic N) is 1. The van der Waals surface area contributed by atoms with E-state index in [1.165, 1.54) is 0 Å². The standard InChI is InChI=1S/C12H25NO2/c1-11(2)8-10-15-12(14)7-5-6-9-13(3)4/h11H,5-10H2,1-4H3. The van der Waals surface area contributed by atoms with Crippen molar-refractivity contribution in [2.24, 2.45) is 5.92 Å². The fourth-order valence-corrected chi connectivity index (χ4v) is 1.18. The zero-order valence-electron chi connectivity index (χ0n) is 10.6. The molecule has 0 aromatic rings. The van der Waals surface area contributed by atoms with Crippen LogP contribution in [0.5, 0.6) is 0 Å². The maximum absolute atomic E-state index is 11.2. The number of carbonyl (C=O) groups is 1. The first-order valence-corrected chi connectivity index (χ1v) is 5.82. The van der Waals surface area contributed by atoms with Gasteiger partial charge in [0.15, 0.2) is 0 Å². The zero-order chi connectivity index (χ0) is 11.7. The van der Waals surface area contributed by atoms with Gasteiger partial charge in [-0.3, -0.25) is 4.79 Å². The quantitative estimate of drug-likeness (QED) is 0.459. The molecule has 0 unspecified atom stereocenters. The average molecular weight is 215 g/mol. The molecular weight excluding hydrogens is 190 g/mol. The van der Waals surface area contributed by atoms with Crippen molar-refractivity contribution >= 4 is 5.97 Å². The molecule has 0 aliphatic rings. The summed E-state index contributed by atoms with van der Waals surface area (Å²) in [4.78, 5) is 13.4. The highest BCUT2D eigenvalue weighted by atomic mass is 16.5. The summed E-state index contributed by atoms with van der Waals surface area (Å²) in [5, 5.41) is 0. The van der Waals surface area contributed by atoms with Gasteiger partial charge in [-0.25, -0.2) is 0 Å². The van der Waals surface area contributed by atoms with Gasteiger partial charge in [-0.2, -0.15) is 0 Å². The number of esters is 1. The second-order valence-corrected chi connectivity index (χ2v) is 4.66. The van der Waals surface area contributed by atoms with Crippen LogP contribution in [0.4, 0.5) is 0 Å². The molecule has 0 fully saturated rings. The number of unbranched alkanes of at least 4 members (excludes halogenated alkanes) is 1. The highest BCUT2D eigenvalue weighted by Crippen LogP contribution is 2.02. The first-order chi connectivity index (χ1) is 7.02. The monoisotopic (exact) mass is 215 g/mol. The van der Waals surface area contributed by atoms with Crippen LogP contribution in [0.25, 0.3) is 0 Å². The molecule has 15 heavy (non-hydrogen) atoms. The number of hydrogen-bond donors (Lipinski definition) is 0. The minimum absolute atomic E-state index is 0.0468. The van der Waals surface area contributed by atoms with E-state index in [2.05, 4.69) is 18.7 Å². The van der Waals surface area contributed by atoms with E-state index in [1.54, 1.807) is 0 Å². The highest BCUT2D eigenvalue weighted by Gasteiger charge is 2.03. The first-order valence-electron chi connectivity index (χ1n) is 5.82. The van der Waals surface area contributed by atoms with Crippen molar-refractivity contribution in [3.05, 3.63) is 0 Å². The Kier molecular flexibility index (Phi) is 8.38. The van der Waals surface area contributed by atoms with E-state index in [0.29, 0.717) is 18.9 Å². The Labute approximate surface area is 93.8 Å². The molecule has 0 saturated heterocycles. The Bertz CT molecular complexity index is 167. The summed E-state index contributed by atoms with van der Waals surface area (Å²) in [6, 6.07) is 0. The Morgan fingerprint density at radius 2 is 1.93 bits per heavy atom. The van der Waals surface area contributed by atoms with E-state index in [0.717, 1.165) is 25.8 Å². The molecule has 0 spiro atoms. The molecule has 0 amide bonds. The molecule has 3 nitrogen and oxygen atoms in total. The minimum Gasteiger partial charge on any atom is -0.466 e. The topological polar surface area (TPSA) is 29.5 Å². The maximum atomic E-state index is 11.2. The molecule has 0 aromatic carbocycles. The minimum atomic E-state index is -0.0468. The van der Waals surface area contributed by atoms with Gasteiger partial charge in [-0.05, 0) is 45.8 Å². The van der Waals surface area contributed by atoms with Crippen molar-refractivity contribution in [2.75, 3.05) is 27.2 Å². The lowest BCUT2D eigenvalue weighted by Gasteiger charge is -2.09. The van der Waals surface area contributed by atoms with Gasteiger partial charge < -0.3 is 9.64 Å². The number of rotatable bonds is 8. The van der Waals surface area contributed by atoms with Crippen LogP contribution < -0.4 is 0 Å². The van der Waals surface area contributed by atoms with E-state index < -0.39 is 0 Å². The van der Waals surface area contributed by atoms with Gasteiger partial charge in [-0.1, -0.05) is 13.8 Å². The predicted octanol–water partition coefficient (Wildman–Crippen LogP) is 2.31. The Morgan fingerprint density at radius 1 is 1.27 bits per heavy atom. The van der Waals surface area contributed by atoms with Gasteiger partial charge in [0.2, 0.25) is 0 Å². The number of carbonyl (C=O) groups excluding carboxylic acids is 1. The fourth-order valence-electron chi connectivity index (χ4n) is 1.18. The van der Waals surface area contributed by atoms with Crippen LogP contribution in [0.15, 0.2) is 0 Å². The summed E-state index contributed by atoms with van der Waals surface area (Å²) >= 11 is 0. The van der Waals surface area contributed by atoms with Gasteiger partial charge in [0.05, 0.1) is 6.61 Å². The molecular formula is C12H25NO2. The molecule has 0 N–H and O–H groups in total. The van der Waals surface area contributed by atoms with Crippen molar-refractivity contribution in [3.8, 4) is 0 Å². The highest BCUT2D eigenvalue weighted by molar-refractivity contribution is 5.69. The van der Waals surface area contributed by atoms with Crippen LogP contribution in [0.1, 0.15) is 39.5 Å². The third-order valence-electron chi connectivity index (χ3n) is 2.19. The lowest BCUT2D eigenvalue weighted by molar-refractivity contribution is -0.144. The summed E-state index contributed by atoms with van der Waals surface area (Å²) in [6.45, 7) is 5.87. The Morgan fingerprint density at radius 3 is 2.47 bits per heavy atom. The molecule has 0 atom stereocenters. The van der Waals surface area contributed by atoms with E-state index in [-0.39, 0.29) is 5.97 Å². The third-order valence-corrected chi connectivity index (χ3v) is 2.19. The molecule has 0 saturated carbocycles. The molecule has 0 aliphatic carbocycles. The van der Waals surface area contributed by atoms with Gasteiger partial charge >= 0.3 is 5.97 Å². The van der Waals surface area contributed by atoms with Gasteiger partial charge in [-0.15, -0.1) is 0 Å². The van der Waals surface area contributed by atoms with E-state index >= 15 is 0 Å². The number of hydrogen-bond acceptors (Lipinski definition) is 3. The summed E-state index contributed by atoms with van der Waals surface area (Å²) in [5.41, 5.74) is 0. The molecule has 0 heterocycles. The summed E-state index contributed by atoms with van der Waals surface area (Å²) in [6.07, 6.45) is 3.51. The van der Waals surface area contributed by atoms with Gasteiger partial charge in [0, 0.05) is 6.42 Å². The van der Waals surface area contributed by atoms with Gasteiger partial charge in [0.1, 0.15) is 0 Å². The summed E-state index contributed by atoms with van der Waals surface area (Å²) < 4.78 is 5.11. The van der Waals surface area contributed by atoms with Crippen LogP contribution in [-0.2, 0) is 9.53 Å². The van der Waals surface area contributed by atoms with Gasteiger partial charge in [0.25, 0.3) is 0 Å². The predicted molar refractivity (Wildman–Crippen MR) is 62.8 cm³/mol. The molecule has 90 valence electrons. The maximum Gasteiger partial charge on any atom is 0.305 e. The molecule has 3 heteroatoms. The van der Waals surface area contributed by atoms with Crippen LogP contribution in [0.2, 0.25) is 0 Å². The van der Waals surface area contributed by atoms with Crippen LogP contribution in [0, 0.1) is 5.92 Å². The lowest BCUT2D eigenvalue weighted by Crippen LogP contribution is -2.13. The largest absolute Gasteiger partial charge is 0.466 e. The third kappa shape index (κ3) is 11.4. The molecule has 0 radical (unpaired) electrons.